The van der Waals surface area contributed by atoms with Gasteiger partial charge in [0.15, 0.2) is 0 Å². The Balaban J connectivity index is 1.64. The second kappa shape index (κ2) is 8.32. The molecular formula is C21H17ClN2O2. The number of nitrogens with one attached hydrogen (secondary N) is 2. The maximum absolute atomic E-state index is 12.2. The SMILES string of the molecule is O=C(Cc1ccccc1)Nc1ccc(NC(=O)c2ccccc2)cc1Cl. The Bertz CT molecular complexity index is 912. The molecule has 0 aromatic heterocycles. The van der Waals surface area contributed by atoms with Crippen LogP contribution in [0.5, 0.6) is 0 Å². The van der Waals surface area contributed by atoms with Gasteiger partial charge >= 0.3 is 0 Å². The maximum atomic E-state index is 12.2. The highest BCUT2D eigenvalue weighted by atomic mass is 35.5. The van der Waals surface area contributed by atoms with Crippen LogP contribution in [0, 0.1) is 0 Å². The minimum Gasteiger partial charge on any atom is -0.324 e. The van der Waals surface area contributed by atoms with E-state index < -0.39 is 0 Å². The summed E-state index contributed by atoms with van der Waals surface area (Å²) < 4.78 is 0. The van der Waals surface area contributed by atoms with Crippen LogP contribution in [0.3, 0.4) is 0 Å². The standard InChI is InChI=1S/C21H17ClN2O2/c22-18-14-17(23-21(26)16-9-5-2-6-10-16)11-12-19(18)24-20(25)13-15-7-3-1-4-8-15/h1-12,14H,13H2,(H,23,26)(H,24,25). The van der Waals surface area contributed by atoms with Gasteiger partial charge in [-0.15, -0.1) is 0 Å². The van der Waals surface area contributed by atoms with E-state index in [1.54, 1.807) is 42.5 Å². The molecule has 4 nitrogen and oxygen atoms in total. The fourth-order valence-corrected chi connectivity index (χ4v) is 2.69. The number of anilines is 2. The number of hydrogen-bond donors (Lipinski definition) is 2. The first-order valence-corrected chi connectivity index (χ1v) is 8.49. The van der Waals surface area contributed by atoms with Crippen LogP contribution in [0.4, 0.5) is 11.4 Å². The Labute approximate surface area is 156 Å². The molecule has 0 fully saturated rings. The number of amides is 2. The summed E-state index contributed by atoms with van der Waals surface area (Å²) in [4.78, 5) is 24.3. The Kier molecular flexibility index (Phi) is 5.66. The molecular weight excluding hydrogens is 348 g/mol. The molecule has 3 aromatic rings. The third-order valence-corrected chi connectivity index (χ3v) is 4.06. The average molecular weight is 365 g/mol. The van der Waals surface area contributed by atoms with Gasteiger partial charge in [0.1, 0.15) is 0 Å². The van der Waals surface area contributed by atoms with Gasteiger partial charge in [-0.1, -0.05) is 60.1 Å². The predicted octanol–water partition coefficient (Wildman–Crippen LogP) is 4.77. The molecule has 26 heavy (non-hydrogen) atoms. The summed E-state index contributed by atoms with van der Waals surface area (Å²) in [5.41, 5.74) is 2.55. The van der Waals surface area contributed by atoms with Crippen molar-refractivity contribution in [3.63, 3.8) is 0 Å². The van der Waals surface area contributed by atoms with Crippen molar-refractivity contribution >= 4 is 34.8 Å². The first-order chi connectivity index (χ1) is 12.6. The van der Waals surface area contributed by atoms with Crippen molar-refractivity contribution in [3.8, 4) is 0 Å². The summed E-state index contributed by atoms with van der Waals surface area (Å²) in [6, 6.07) is 23.4. The molecule has 2 N–H and O–H groups in total. The van der Waals surface area contributed by atoms with E-state index in [9.17, 15) is 9.59 Å². The van der Waals surface area contributed by atoms with Crippen LogP contribution in [0.2, 0.25) is 5.02 Å². The van der Waals surface area contributed by atoms with E-state index in [-0.39, 0.29) is 18.2 Å². The normalized spacial score (nSPS) is 10.2. The summed E-state index contributed by atoms with van der Waals surface area (Å²) in [7, 11) is 0. The lowest BCUT2D eigenvalue weighted by Gasteiger charge is -2.10. The van der Waals surface area contributed by atoms with Gasteiger partial charge in [0, 0.05) is 11.3 Å². The van der Waals surface area contributed by atoms with Crippen LogP contribution in [0.1, 0.15) is 15.9 Å². The fraction of sp³-hybridized carbons (Fsp3) is 0.0476. The molecule has 5 heteroatoms. The van der Waals surface area contributed by atoms with Gasteiger partial charge in [0.2, 0.25) is 5.91 Å². The van der Waals surface area contributed by atoms with E-state index in [0.717, 1.165) is 5.56 Å². The Hall–Kier alpha value is -3.11. The molecule has 0 radical (unpaired) electrons. The zero-order valence-electron chi connectivity index (χ0n) is 13.9. The highest BCUT2D eigenvalue weighted by Gasteiger charge is 2.10. The molecule has 2 amide bonds. The van der Waals surface area contributed by atoms with Crippen molar-refractivity contribution in [3.05, 3.63) is 95.0 Å². The van der Waals surface area contributed by atoms with Crippen molar-refractivity contribution < 1.29 is 9.59 Å². The highest BCUT2D eigenvalue weighted by Crippen LogP contribution is 2.26. The molecule has 0 heterocycles. The van der Waals surface area contributed by atoms with Gasteiger partial charge in [-0.25, -0.2) is 0 Å². The molecule has 0 aliphatic rings. The van der Waals surface area contributed by atoms with Crippen LogP contribution < -0.4 is 10.6 Å². The van der Waals surface area contributed by atoms with Crippen LogP contribution >= 0.6 is 11.6 Å². The van der Waals surface area contributed by atoms with Crippen LogP contribution in [-0.4, -0.2) is 11.8 Å². The lowest BCUT2D eigenvalue weighted by molar-refractivity contribution is -0.115. The van der Waals surface area contributed by atoms with E-state index in [1.807, 2.05) is 36.4 Å². The third-order valence-electron chi connectivity index (χ3n) is 3.74. The lowest BCUT2D eigenvalue weighted by Crippen LogP contribution is -2.15. The largest absolute Gasteiger partial charge is 0.324 e. The molecule has 0 spiro atoms. The lowest BCUT2D eigenvalue weighted by atomic mass is 10.1. The molecule has 3 rings (SSSR count). The van der Waals surface area contributed by atoms with Gasteiger partial charge in [-0.2, -0.15) is 0 Å². The van der Waals surface area contributed by atoms with Crippen molar-refractivity contribution in [1.29, 1.82) is 0 Å². The fourth-order valence-electron chi connectivity index (χ4n) is 2.46. The van der Waals surface area contributed by atoms with Gasteiger partial charge in [-0.05, 0) is 35.9 Å². The van der Waals surface area contributed by atoms with Crippen LogP contribution in [0.15, 0.2) is 78.9 Å². The zero-order chi connectivity index (χ0) is 18.4. The van der Waals surface area contributed by atoms with Crippen molar-refractivity contribution in [2.45, 2.75) is 6.42 Å². The zero-order valence-corrected chi connectivity index (χ0v) is 14.7. The quantitative estimate of drug-likeness (QED) is 0.684. The smallest absolute Gasteiger partial charge is 0.255 e. The monoisotopic (exact) mass is 364 g/mol. The summed E-state index contributed by atoms with van der Waals surface area (Å²) >= 11 is 6.24. The van der Waals surface area contributed by atoms with Gasteiger partial charge in [0.05, 0.1) is 17.1 Å². The molecule has 0 saturated carbocycles. The molecule has 0 aliphatic heterocycles. The Morgan fingerprint density at radius 2 is 1.46 bits per heavy atom. The van der Waals surface area contributed by atoms with E-state index in [4.69, 9.17) is 11.6 Å². The van der Waals surface area contributed by atoms with Crippen LogP contribution in [-0.2, 0) is 11.2 Å². The number of halogens is 1. The summed E-state index contributed by atoms with van der Waals surface area (Å²) in [5, 5.41) is 5.93. The number of benzene rings is 3. The van der Waals surface area contributed by atoms with Crippen molar-refractivity contribution in [1.82, 2.24) is 0 Å². The van der Waals surface area contributed by atoms with Gasteiger partial charge < -0.3 is 10.6 Å². The van der Waals surface area contributed by atoms with E-state index in [0.29, 0.717) is 22.0 Å². The average Bonchev–Trinajstić information content (AvgIpc) is 2.65. The number of hydrogen-bond acceptors (Lipinski definition) is 2. The second-order valence-electron chi connectivity index (χ2n) is 5.73. The minimum atomic E-state index is -0.220. The van der Waals surface area contributed by atoms with Crippen molar-refractivity contribution in [2.24, 2.45) is 0 Å². The number of carbonyl (C=O) groups excluding carboxylic acids is 2. The topological polar surface area (TPSA) is 58.2 Å². The Morgan fingerprint density at radius 1 is 0.808 bits per heavy atom. The molecule has 0 aliphatic carbocycles. The van der Waals surface area contributed by atoms with E-state index >= 15 is 0 Å². The molecule has 0 bridgehead atoms. The maximum Gasteiger partial charge on any atom is 0.255 e. The molecule has 3 aromatic carbocycles. The minimum absolute atomic E-state index is 0.154. The third kappa shape index (κ3) is 4.71. The number of rotatable bonds is 5. The highest BCUT2D eigenvalue weighted by molar-refractivity contribution is 6.34. The summed E-state index contributed by atoms with van der Waals surface area (Å²) in [5.74, 6) is -0.373. The summed E-state index contributed by atoms with van der Waals surface area (Å²) in [6.45, 7) is 0. The Morgan fingerprint density at radius 3 is 2.12 bits per heavy atom. The first-order valence-electron chi connectivity index (χ1n) is 8.11. The molecule has 0 atom stereocenters. The van der Waals surface area contributed by atoms with Gasteiger partial charge in [-0.3, -0.25) is 9.59 Å². The number of carbonyl (C=O) groups is 2. The summed E-state index contributed by atoms with van der Waals surface area (Å²) in [6.07, 6.45) is 0.268. The van der Waals surface area contributed by atoms with Gasteiger partial charge in [0.25, 0.3) is 5.91 Å². The second-order valence-corrected chi connectivity index (χ2v) is 6.13. The van der Waals surface area contributed by atoms with Crippen LogP contribution in [0.25, 0.3) is 0 Å². The molecule has 130 valence electrons. The van der Waals surface area contributed by atoms with E-state index in [2.05, 4.69) is 10.6 Å². The molecule has 0 saturated heterocycles. The molecule has 0 unspecified atom stereocenters. The predicted molar refractivity (Wildman–Crippen MR) is 105 cm³/mol. The van der Waals surface area contributed by atoms with E-state index in [1.165, 1.54) is 0 Å². The van der Waals surface area contributed by atoms with Crippen molar-refractivity contribution in [2.75, 3.05) is 10.6 Å². The first kappa shape index (κ1) is 17.7.